The van der Waals surface area contributed by atoms with E-state index in [1.807, 2.05) is 24.3 Å². The summed E-state index contributed by atoms with van der Waals surface area (Å²) < 4.78 is 10.4. The highest BCUT2D eigenvalue weighted by atomic mass is 16.5. The normalized spacial score (nSPS) is 14.6. The molecule has 0 atom stereocenters. The minimum Gasteiger partial charge on any atom is -0.497 e. The predicted molar refractivity (Wildman–Crippen MR) is 70.7 cm³/mol. The molecule has 3 rings (SSSR count). The van der Waals surface area contributed by atoms with Crippen LogP contribution in [-0.4, -0.2) is 23.8 Å². The van der Waals surface area contributed by atoms with Crippen LogP contribution in [0.15, 0.2) is 28.8 Å². The monoisotopic (exact) mass is 259 g/mol. The van der Waals surface area contributed by atoms with Crippen LogP contribution in [-0.2, 0) is 6.54 Å². The Morgan fingerprint density at radius 1 is 1.42 bits per heavy atom. The number of ether oxygens (including phenoxy) is 1. The molecule has 19 heavy (non-hydrogen) atoms. The van der Waals surface area contributed by atoms with Crippen LogP contribution >= 0.6 is 0 Å². The summed E-state index contributed by atoms with van der Waals surface area (Å²) in [4.78, 5) is 4.38. The number of benzene rings is 1. The molecule has 5 heteroatoms. The summed E-state index contributed by atoms with van der Waals surface area (Å²) in [5.41, 5.74) is 0.900. The molecule has 2 aromatic rings. The predicted octanol–water partition coefficient (Wildman–Crippen LogP) is 2.24. The second-order valence-electron chi connectivity index (χ2n) is 4.82. The molecule has 0 radical (unpaired) electrons. The first-order valence-electron chi connectivity index (χ1n) is 6.53. The highest BCUT2D eigenvalue weighted by Crippen LogP contribution is 2.27. The zero-order valence-electron chi connectivity index (χ0n) is 10.9. The van der Waals surface area contributed by atoms with Gasteiger partial charge in [-0.05, 0) is 37.4 Å². The first-order chi connectivity index (χ1) is 9.35. The maximum Gasteiger partial charge on any atom is 0.240 e. The summed E-state index contributed by atoms with van der Waals surface area (Å²) in [5.74, 6) is 2.86. The number of aromatic nitrogens is 2. The molecule has 1 heterocycles. The smallest absolute Gasteiger partial charge is 0.240 e. The summed E-state index contributed by atoms with van der Waals surface area (Å²) in [6.07, 6.45) is 2.68. The fraction of sp³-hybridized carbons (Fsp3) is 0.429. The molecule has 100 valence electrons. The summed E-state index contributed by atoms with van der Waals surface area (Å²) in [7, 11) is 1.64. The van der Waals surface area contributed by atoms with E-state index in [2.05, 4.69) is 15.5 Å². The Hall–Kier alpha value is -1.88. The Morgan fingerprint density at radius 3 is 3.11 bits per heavy atom. The number of hydrogen-bond donors (Lipinski definition) is 1. The van der Waals surface area contributed by atoms with Gasteiger partial charge < -0.3 is 14.6 Å². The molecule has 1 aromatic carbocycles. The molecule has 0 amide bonds. The fourth-order valence-electron chi connectivity index (χ4n) is 1.91. The summed E-state index contributed by atoms with van der Waals surface area (Å²) in [5, 5.41) is 7.32. The molecule has 0 aliphatic heterocycles. The molecule has 5 nitrogen and oxygen atoms in total. The summed E-state index contributed by atoms with van der Waals surface area (Å²) >= 11 is 0. The molecule has 0 saturated heterocycles. The van der Waals surface area contributed by atoms with E-state index in [9.17, 15) is 0 Å². The number of rotatable bonds is 6. The lowest BCUT2D eigenvalue weighted by molar-refractivity contribution is 0.367. The molecule has 1 fully saturated rings. The van der Waals surface area contributed by atoms with E-state index in [4.69, 9.17) is 9.26 Å². The molecule has 0 spiro atoms. The molecule has 0 bridgehead atoms. The van der Waals surface area contributed by atoms with Crippen molar-refractivity contribution in [1.82, 2.24) is 15.5 Å². The van der Waals surface area contributed by atoms with Gasteiger partial charge in [0.15, 0.2) is 0 Å². The van der Waals surface area contributed by atoms with Gasteiger partial charge >= 0.3 is 0 Å². The van der Waals surface area contributed by atoms with Gasteiger partial charge in [0, 0.05) is 5.56 Å². The van der Waals surface area contributed by atoms with E-state index in [0.29, 0.717) is 18.3 Å². The molecule has 1 saturated carbocycles. The third-order valence-corrected chi connectivity index (χ3v) is 3.20. The third kappa shape index (κ3) is 3.12. The van der Waals surface area contributed by atoms with Crippen LogP contribution in [0.5, 0.6) is 5.75 Å². The summed E-state index contributed by atoms with van der Waals surface area (Å²) in [6.45, 7) is 1.67. The Kier molecular flexibility index (Phi) is 3.46. The van der Waals surface area contributed by atoms with E-state index in [1.165, 1.54) is 12.8 Å². The standard InChI is InChI=1S/C14H17N3O2/c1-18-12-4-2-3-11(7-12)14-16-13(19-17-14)9-15-8-10-5-6-10/h2-4,7,10,15H,5-6,8-9H2,1H3. The summed E-state index contributed by atoms with van der Waals surface area (Å²) in [6, 6.07) is 7.64. The average Bonchev–Trinajstić information content (AvgIpc) is 3.15. The lowest BCUT2D eigenvalue weighted by atomic mass is 10.2. The zero-order valence-corrected chi connectivity index (χ0v) is 10.9. The van der Waals surface area contributed by atoms with E-state index >= 15 is 0 Å². The van der Waals surface area contributed by atoms with Gasteiger partial charge in [0.2, 0.25) is 11.7 Å². The molecular formula is C14H17N3O2. The van der Waals surface area contributed by atoms with Gasteiger partial charge in [0.1, 0.15) is 5.75 Å². The van der Waals surface area contributed by atoms with Crippen molar-refractivity contribution < 1.29 is 9.26 Å². The molecule has 1 aromatic heterocycles. The second-order valence-corrected chi connectivity index (χ2v) is 4.82. The Labute approximate surface area is 112 Å². The van der Waals surface area contributed by atoms with Crippen LogP contribution in [0, 0.1) is 5.92 Å². The van der Waals surface area contributed by atoms with Crippen molar-refractivity contribution in [3.63, 3.8) is 0 Å². The van der Waals surface area contributed by atoms with Crippen LogP contribution in [0.4, 0.5) is 0 Å². The molecule has 1 aliphatic rings. The number of hydrogen-bond acceptors (Lipinski definition) is 5. The van der Waals surface area contributed by atoms with E-state index in [-0.39, 0.29) is 0 Å². The number of nitrogens with zero attached hydrogens (tertiary/aromatic N) is 2. The van der Waals surface area contributed by atoms with Crippen LogP contribution < -0.4 is 10.1 Å². The molecule has 0 unspecified atom stereocenters. The van der Waals surface area contributed by atoms with E-state index in [1.54, 1.807) is 7.11 Å². The SMILES string of the molecule is COc1cccc(-c2noc(CNCC3CC3)n2)c1. The van der Waals surface area contributed by atoms with Gasteiger partial charge in [-0.15, -0.1) is 0 Å². The van der Waals surface area contributed by atoms with Crippen molar-refractivity contribution in [3.8, 4) is 17.1 Å². The highest BCUT2D eigenvalue weighted by Gasteiger charge is 2.20. The van der Waals surface area contributed by atoms with Crippen molar-refractivity contribution in [2.75, 3.05) is 13.7 Å². The first kappa shape index (κ1) is 12.2. The van der Waals surface area contributed by atoms with Gasteiger partial charge in [0.25, 0.3) is 0 Å². The van der Waals surface area contributed by atoms with Crippen molar-refractivity contribution in [3.05, 3.63) is 30.2 Å². The second kappa shape index (κ2) is 5.40. The fourth-order valence-corrected chi connectivity index (χ4v) is 1.91. The van der Waals surface area contributed by atoms with Crippen LogP contribution in [0.1, 0.15) is 18.7 Å². The van der Waals surface area contributed by atoms with Crippen LogP contribution in [0.2, 0.25) is 0 Å². The van der Waals surface area contributed by atoms with Gasteiger partial charge in [-0.1, -0.05) is 17.3 Å². The lowest BCUT2D eigenvalue weighted by Gasteiger charge is -2.00. The first-order valence-corrected chi connectivity index (χ1v) is 6.53. The highest BCUT2D eigenvalue weighted by molar-refractivity contribution is 5.56. The van der Waals surface area contributed by atoms with Crippen LogP contribution in [0.3, 0.4) is 0 Å². The van der Waals surface area contributed by atoms with Crippen molar-refractivity contribution >= 4 is 0 Å². The van der Waals surface area contributed by atoms with Gasteiger partial charge in [0.05, 0.1) is 13.7 Å². The van der Waals surface area contributed by atoms with Crippen molar-refractivity contribution in [2.45, 2.75) is 19.4 Å². The van der Waals surface area contributed by atoms with Crippen LogP contribution in [0.25, 0.3) is 11.4 Å². The lowest BCUT2D eigenvalue weighted by Crippen LogP contribution is -2.16. The molecular weight excluding hydrogens is 242 g/mol. The minimum atomic E-state index is 0.599. The average molecular weight is 259 g/mol. The number of methoxy groups -OCH3 is 1. The van der Waals surface area contributed by atoms with Gasteiger partial charge in [-0.2, -0.15) is 4.98 Å². The van der Waals surface area contributed by atoms with Crippen molar-refractivity contribution in [1.29, 1.82) is 0 Å². The Bertz CT molecular complexity index is 549. The maximum atomic E-state index is 5.23. The topological polar surface area (TPSA) is 60.2 Å². The molecule has 1 aliphatic carbocycles. The Balaban J connectivity index is 1.65. The quantitative estimate of drug-likeness (QED) is 0.862. The van der Waals surface area contributed by atoms with E-state index in [0.717, 1.165) is 23.8 Å². The van der Waals surface area contributed by atoms with Crippen molar-refractivity contribution in [2.24, 2.45) is 5.92 Å². The van der Waals surface area contributed by atoms with Gasteiger partial charge in [-0.3, -0.25) is 0 Å². The minimum absolute atomic E-state index is 0.599. The molecule has 1 N–H and O–H groups in total. The largest absolute Gasteiger partial charge is 0.497 e. The third-order valence-electron chi connectivity index (χ3n) is 3.20. The zero-order chi connectivity index (χ0) is 13.1. The number of nitrogens with one attached hydrogen (secondary N) is 1. The van der Waals surface area contributed by atoms with Gasteiger partial charge in [-0.25, -0.2) is 0 Å². The van der Waals surface area contributed by atoms with E-state index < -0.39 is 0 Å². The maximum absolute atomic E-state index is 5.23. The Morgan fingerprint density at radius 2 is 2.32 bits per heavy atom.